The number of thioether (sulfide) groups is 1. The van der Waals surface area contributed by atoms with Crippen LogP contribution in [-0.4, -0.2) is 21.9 Å². The summed E-state index contributed by atoms with van der Waals surface area (Å²) in [4.78, 5) is 4.33. The topological polar surface area (TPSA) is 27.1 Å². The molecule has 96 valence electrons. The van der Waals surface area contributed by atoms with Gasteiger partial charge >= 0.3 is 0 Å². The Morgan fingerprint density at radius 3 is 2.89 bits per heavy atom. The highest BCUT2D eigenvalue weighted by atomic mass is 32.2. The fraction of sp³-hybridized carbons (Fsp3) is 0.357. The van der Waals surface area contributed by atoms with Crippen molar-refractivity contribution in [3.63, 3.8) is 0 Å². The molecule has 1 aromatic heterocycles. The van der Waals surface area contributed by atoms with Crippen molar-refractivity contribution in [2.45, 2.75) is 25.0 Å². The maximum atomic E-state index is 5.64. The monoisotopic (exact) mass is 262 g/mol. The van der Waals surface area contributed by atoms with Crippen LogP contribution in [0.4, 0.5) is 0 Å². The van der Waals surface area contributed by atoms with E-state index in [0.29, 0.717) is 0 Å². The molecule has 18 heavy (non-hydrogen) atoms. The maximum Gasteiger partial charge on any atom is 0.167 e. The van der Waals surface area contributed by atoms with Crippen molar-refractivity contribution < 1.29 is 4.74 Å². The van der Waals surface area contributed by atoms with Crippen LogP contribution in [-0.2, 0) is 6.54 Å². The SMILES string of the molecule is CCn1ccnc1SCCCOc1ccccc1. The van der Waals surface area contributed by atoms with Gasteiger partial charge in [-0.25, -0.2) is 4.98 Å². The largest absolute Gasteiger partial charge is 0.494 e. The van der Waals surface area contributed by atoms with E-state index in [1.165, 1.54) is 0 Å². The Kier molecular flexibility index (Phi) is 5.15. The Balaban J connectivity index is 1.65. The molecular formula is C14H18N2OS. The first-order chi connectivity index (χ1) is 8.90. The molecule has 2 rings (SSSR count). The molecule has 0 aliphatic carbocycles. The summed E-state index contributed by atoms with van der Waals surface area (Å²) in [5, 5.41) is 1.09. The van der Waals surface area contributed by atoms with Gasteiger partial charge in [-0.15, -0.1) is 0 Å². The van der Waals surface area contributed by atoms with E-state index in [4.69, 9.17) is 4.74 Å². The molecule has 0 saturated heterocycles. The number of rotatable bonds is 7. The fourth-order valence-electron chi connectivity index (χ4n) is 1.61. The number of hydrogen-bond donors (Lipinski definition) is 0. The second-order valence-electron chi connectivity index (χ2n) is 3.86. The first-order valence-corrected chi connectivity index (χ1v) is 7.20. The second-order valence-corrected chi connectivity index (χ2v) is 4.92. The number of aromatic nitrogens is 2. The van der Waals surface area contributed by atoms with Crippen molar-refractivity contribution in [3.05, 3.63) is 42.7 Å². The van der Waals surface area contributed by atoms with Crippen LogP contribution in [0.5, 0.6) is 5.75 Å². The molecule has 0 N–H and O–H groups in total. The molecule has 0 atom stereocenters. The molecule has 0 spiro atoms. The number of imidazole rings is 1. The van der Waals surface area contributed by atoms with Crippen molar-refractivity contribution in [2.24, 2.45) is 0 Å². The summed E-state index contributed by atoms with van der Waals surface area (Å²) in [5.41, 5.74) is 0. The van der Waals surface area contributed by atoms with Gasteiger partial charge in [0.25, 0.3) is 0 Å². The van der Waals surface area contributed by atoms with Gasteiger partial charge in [-0.1, -0.05) is 30.0 Å². The van der Waals surface area contributed by atoms with E-state index in [1.807, 2.05) is 42.7 Å². The minimum Gasteiger partial charge on any atom is -0.494 e. The van der Waals surface area contributed by atoms with Gasteiger partial charge in [0.05, 0.1) is 6.61 Å². The molecule has 1 heterocycles. The summed E-state index contributed by atoms with van der Waals surface area (Å²) in [6.07, 6.45) is 4.89. The summed E-state index contributed by atoms with van der Waals surface area (Å²) in [7, 11) is 0. The van der Waals surface area contributed by atoms with Crippen LogP contribution in [0.15, 0.2) is 47.9 Å². The van der Waals surface area contributed by atoms with Crippen LogP contribution < -0.4 is 4.74 Å². The van der Waals surface area contributed by atoms with Crippen LogP contribution in [0.2, 0.25) is 0 Å². The highest BCUT2D eigenvalue weighted by molar-refractivity contribution is 7.99. The zero-order valence-corrected chi connectivity index (χ0v) is 11.4. The Labute approximate surface area is 112 Å². The fourth-order valence-corrected chi connectivity index (χ4v) is 2.54. The third-order valence-corrected chi connectivity index (χ3v) is 3.64. The molecular weight excluding hydrogens is 244 g/mol. The molecule has 0 bridgehead atoms. The van der Waals surface area contributed by atoms with Crippen molar-refractivity contribution >= 4 is 11.8 Å². The van der Waals surface area contributed by atoms with Crippen LogP contribution >= 0.6 is 11.8 Å². The molecule has 2 aromatic rings. The molecule has 0 aliphatic heterocycles. The highest BCUT2D eigenvalue weighted by Gasteiger charge is 2.01. The predicted octanol–water partition coefficient (Wildman–Crippen LogP) is 3.46. The second kappa shape index (κ2) is 7.11. The first-order valence-electron chi connectivity index (χ1n) is 6.22. The molecule has 1 aromatic carbocycles. The highest BCUT2D eigenvalue weighted by Crippen LogP contribution is 2.17. The average molecular weight is 262 g/mol. The number of aryl methyl sites for hydroxylation is 1. The number of nitrogens with zero attached hydrogens (tertiary/aromatic N) is 2. The van der Waals surface area contributed by atoms with Gasteiger partial charge in [0, 0.05) is 24.7 Å². The van der Waals surface area contributed by atoms with Crippen LogP contribution in [0, 0.1) is 0 Å². The molecule has 0 unspecified atom stereocenters. The van der Waals surface area contributed by atoms with E-state index in [0.717, 1.165) is 36.2 Å². The third kappa shape index (κ3) is 3.81. The summed E-state index contributed by atoms with van der Waals surface area (Å²) in [6.45, 7) is 3.86. The van der Waals surface area contributed by atoms with E-state index in [1.54, 1.807) is 11.8 Å². The maximum absolute atomic E-state index is 5.64. The van der Waals surface area contributed by atoms with Gasteiger partial charge in [-0.05, 0) is 25.5 Å². The van der Waals surface area contributed by atoms with E-state index in [-0.39, 0.29) is 0 Å². The summed E-state index contributed by atoms with van der Waals surface area (Å²) in [5.74, 6) is 1.97. The standard InChI is InChI=1S/C14H18N2OS/c1-2-16-10-9-15-14(16)18-12-6-11-17-13-7-4-3-5-8-13/h3-5,7-10H,2,6,11-12H2,1H3. The zero-order valence-electron chi connectivity index (χ0n) is 10.6. The van der Waals surface area contributed by atoms with Gasteiger partial charge in [0.15, 0.2) is 5.16 Å². The van der Waals surface area contributed by atoms with Crippen molar-refractivity contribution in [3.8, 4) is 5.75 Å². The Hall–Kier alpha value is -1.42. The molecule has 3 nitrogen and oxygen atoms in total. The van der Waals surface area contributed by atoms with Crippen LogP contribution in [0.1, 0.15) is 13.3 Å². The summed E-state index contributed by atoms with van der Waals surface area (Å²) in [6, 6.07) is 9.94. The molecule has 0 aliphatic rings. The molecule has 0 saturated carbocycles. The van der Waals surface area contributed by atoms with Crippen molar-refractivity contribution in [1.82, 2.24) is 9.55 Å². The predicted molar refractivity (Wildman–Crippen MR) is 75.2 cm³/mol. The lowest BCUT2D eigenvalue weighted by Crippen LogP contribution is -2.00. The summed E-state index contributed by atoms with van der Waals surface area (Å²) < 4.78 is 7.80. The van der Waals surface area contributed by atoms with E-state index < -0.39 is 0 Å². The van der Waals surface area contributed by atoms with E-state index in [2.05, 4.69) is 16.5 Å². The number of benzene rings is 1. The lowest BCUT2D eigenvalue weighted by atomic mass is 10.3. The van der Waals surface area contributed by atoms with Gasteiger partial charge < -0.3 is 9.30 Å². The molecule has 4 heteroatoms. The summed E-state index contributed by atoms with van der Waals surface area (Å²) >= 11 is 1.79. The third-order valence-electron chi connectivity index (χ3n) is 2.55. The lowest BCUT2D eigenvalue weighted by Gasteiger charge is -2.06. The van der Waals surface area contributed by atoms with Gasteiger partial charge in [0.1, 0.15) is 5.75 Å². The van der Waals surface area contributed by atoms with E-state index >= 15 is 0 Å². The normalized spacial score (nSPS) is 10.5. The number of ether oxygens (including phenoxy) is 1. The number of hydrogen-bond acceptors (Lipinski definition) is 3. The number of para-hydroxylation sites is 1. The first kappa shape index (κ1) is 13.0. The van der Waals surface area contributed by atoms with Gasteiger partial charge in [-0.3, -0.25) is 0 Å². The zero-order chi connectivity index (χ0) is 12.6. The van der Waals surface area contributed by atoms with Gasteiger partial charge in [-0.2, -0.15) is 0 Å². The lowest BCUT2D eigenvalue weighted by molar-refractivity contribution is 0.318. The smallest absolute Gasteiger partial charge is 0.167 e. The van der Waals surface area contributed by atoms with Crippen molar-refractivity contribution in [1.29, 1.82) is 0 Å². The molecule has 0 amide bonds. The average Bonchev–Trinajstić information content (AvgIpc) is 2.87. The Morgan fingerprint density at radius 1 is 1.28 bits per heavy atom. The molecule has 0 fully saturated rings. The minimum atomic E-state index is 0.754. The quantitative estimate of drug-likeness (QED) is 0.565. The van der Waals surface area contributed by atoms with Crippen LogP contribution in [0.25, 0.3) is 0 Å². The van der Waals surface area contributed by atoms with Crippen molar-refractivity contribution in [2.75, 3.05) is 12.4 Å². The van der Waals surface area contributed by atoms with Gasteiger partial charge in [0.2, 0.25) is 0 Å². The Morgan fingerprint density at radius 2 is 2.11 bits per heavy atom. The molecule has 0 radical (unpaired) electrons. The Bertz CT molecular complexity index is 456. The van der Waals surface area contributed by atoms with E-state index in [9.17, 15) is 0 Å². The van der Waals surface area contributed by atoms with Crippen LogP contribution in [0.3, 0.4) is 0 Å². The minimum absolute atomic E-state index is 0.754.